The molecule has 0 radical (unpaired) electrons. The van der Waals surface area contributed by atoms with Crippen LogP contribution in [0.15, 0.2) is 78.9 Å². The molecule has 0 bridgehead atoms. The number of ether oxygens (including phenoxy) is 1. The minimum Gasteiger partial charge on any atom is -0.494 e. The molecule has 1 N–H and O–H groups in total. The first-order valence-corrected chi connectivity index (χ1v) is 8.40. The highest BCUT2D eigenvalue weighted by Gasteiger charge is 2.17. The number of halogens is 1. The Morgan fingerprint density at radius 2 is 1.65 bits per heavy atom. The van der Waals surface area contributed by atoms with Gasteiger partial charge in [0.2, 0.25) is 0 Å². The van der Waals surface area contributed by atoms with Crippen LogP contribution >= 0.6 is 0 Å². The van der Waals surface area contributed by atoms with Crippen molar-refractivity contribution in [1.82, 2.24) is 5.32 Å². The number of benzene rings is 3. The van der Waals surface area contributed by atoms with Gasteiger partial charge in [-0.15, -0.1) is 0 Å². The molecule has 0 aliphatic rings. The smallest absolute Gasteiger partial charge is 0.251 e. The minimum absolute atomic E-state index is 0.116. The second-order valence-corrected chi connectivity index (χ2v) is 5.98. The molecule has 0 unspecified atom stereocenters. The first-order chi connectivity index (χ1) is 12.7. The number of hydrogen-bond acceptors (Lipinski definition) is 2. The van der Waals surface area contributed by atoms with Crippen molar-refractivity contribution in [3.8, 4) is 5.75 Å². The molecule has 0 saturated heterocycles. The second kappa shape index (κ2) is 8.30. The van der Waals surface area contributed by atoms with Gasteiger partial charge in [-0.25, -0.2) is 4.39 Å². The maximum Gasteiger partial charge on any atom is 0.251 e. The number of amides is 1. The molecule has 0 saturated carbocycles. The third-order valence-electron chi connectivity index (χ3n) is 4.20. The quantitative estimate of drug-likeness (QED) is 0.709. The van der Waals surface area contributed by atoms with Gasteiger partial charge in [-0.3, -0.25) is 4.79 Å². The molecular weight excluding hydrogens is 329 g/mol. The Labute approximate surface area is 152 Å². The Balaban J connectivity index is 1.83. The summed E-state index contributed by atoms with van der Waals surface area (Å²) < 4.78 is 18.8. The van der Waals surface area contributed by atoms with Crippen molar-refractivity contribution in [3.05, 3.63) is 101 Å². The van der Waals surface area contributed by atoms with Crippen LogP contribution in [-0.4, -0.2) is 13.0 Å². The lowest BCUT2D eigenvalue weighted by Gasteiger charge is -2.20. The van der Waals surface area contributed by atoms with Gasteiger partial charge in [0.05, 0.1) is 13.2 Å². The summed E-state index contributed by atoms with van der Waals surface area (Å²) in [5.41, 5.74) is 2.37. The Morgan fingerprint density at radius 1 is 1.00 bits per heavy atom. The molecule has 0 aromatic heterocycles. The summed E-state index contributed by atoms with van der Waals surface area (Å²) in [7, 11) is 1.39. The SMILES string of the molecule is COc1ccc(C(=O)N[C@H](Cc2ccccc2)c2ccccc2)cc1F. The molecule has 0 spiro atoms. The van der Waals surface area contributed by atoms with E-state index >= 15 is 0 Å². The minimum atomic E-state index is -0.556. The predicted octanol–water partition coefficient (Wildman–Crippen LogP) is 4.55. The lowest BCUT2D eigenvalue weighted by atomic mass is 9.98. The van der Waals surface area contributed by atoms with Crippen molar-refractivity contribution in [3.63, 3.8) is 0 Å². The zero-order valence-corrected chi connectivity index (χ0v) is 14.5. The maximum absolute atomic E-state index is 13.9. The Hall–Kier alpha value is -3.14. The van der Waals surface area contributed by atoms with E-state index in [1.165, 1.54) is 19.2 Å². The van der Waals surface area contributed by atoms with E-state index < -0.39 is 5.82 Å². The van der Waals surface area contributed by atoms with Gasteiger partial charge in [0, 0.05) is 5.56 Å². The fourth-order valence-corrected chi connectivity index (χ4v) is 2.84. The molecular formula is C22H20FNO2. The fourth-order valence-electron chi connectivity index (χ4n) is 2.84. The third-order valence-corrected chi connectivity index (χ3v) is 4.20. The molecule has 3 nitrogen and oxygen atoms in total. The van der Waals surface area contributed by atoms with E-state index in [2.05, 4.69) is 5.32 Å². The predicted molar refractivity (Wildman–Crippen MR) is 99.7 cm³/mol. The molecule has 1 amide bonds. The summed E-state index contributed by atoms with van der Waals surface area (Å²) in [6.07, 6.45) is 0.648. The van der Waals surface area contributed by atoms with E-state index in [9.17, 15) is 9.18 Å². The van der Waals surface area contributed by atoms with Gasteiger partial charge in [-0.2, -0.15) is 0 Å². The molecule has 0 fully saturated rings. The zero-order valence-electron chi connectivity index (χ0n) is 14.5. The van der Waals surface area contributed by atoms with Gasteiger partial charge in [0.15, 0.2) is 11.6 Å². The van der Waals surface area contributed by atoms with Crippen molar-refractivity contribution >= 4 is 5.91 Å². The number of carbonyl (C=O) groups is 1. The van der Waals surface area contributed by atoms with Crippen LogP contribution in [0.3, 0.4) is 0 Å². The topological polar surface area (TPSA) is 38.3 Å². The molecule has 3 aromatic rings. The van der Waals surface area contributed by atoms with Gasteiger partial charge in [0.25, 0.3) is 5.91 Å². The van der Waals surface area contributed by atoms with Gasteiger partial charge in [-0.1, -0.05) is 60.7 Å². The second-order valence-electron chi connectivity index (χ2n) is 5.98. The van der Waals surface area contributed by atoms with Gasteiger partial charge in [0.1, 0.15) is 0 Å². The summed E-state index contributed by atoms with van der Waals surface area (Å²) >= 11 is 0. The van der Waals surface area contributed by atoms with Crippen LogP contribution in [-0.2, 0) is 6.42 Å². The van der Waals surface area contributed by atoms with Crippen molar-refractivity contribution < 1.29 is 13.9 Å². The van der Waals surface area contributed by atoms with Crippen LogP contribution in [0.5, 0.6) is 5.75 Å². The van der Waals surface area contributed by atoms with E-state index in [-0.39, 0.29) is 23.3 Å². The normalized spacial score (nSPS) is 11.6. The molecule has 0 aliphatic carbocycles. The average molecular weight is 349 g/mol. The Bertz CT molecular complexity index is 866. The summed E-state index contributed by atoms with van der Waals surface area (Å²) in [5, 5.41) is 3.02. The van der Waals surface area contributed by atoms with E-state index in [1.54, 1.807) is 6.07 Å². The highest BCUT2D eigenvalue weighted by atomic mass is 19.1. The summed E-state index contributed by atoms with van der Waals surface area (Å²) in [6, 6.07) is 23.7. The van der Waals surface area contributed by atoms with Crippen molar-refractivity contribution in [2.75, 3.05) is 7.11 Å². The standard InChI is InChI=1S/C22H20FNO2/c1-26-21-13-12-18(15-19(21)23)22(25)24-20(17-10-6-3-7-11-17)14-16-8-4-2-5-9-16/h2-13,15,20H,14H2,1H3,(H,24,25)/t20-/m1/s1. The lowest BCUT2D eigenvalue weighted by molar-refractivity contribution is 0.0936. The lowest BCUT2D eigenvalue weighted by Crippen LogP contribution is -2.30. The maximum atomic E-state index is 13.9. The fraction of sp³-hybridized carbons (Fsp3) is 0.136. The van der Waals surface area contributed by atoms with Crippen LogP contribution in [0.4, 0.5) is 4.39 Å². The van der Waals surface area contributed by atoms with Crippen LogP contribution < -0.4 is 10.1 Å². The Morgan fingerprint density at radius 3 is 2.27 bits per heavy atom. The van der Waals surface area contributed by atoms with Crippen molar-refractivity contribution in [2.45, 2.75) is 12.5 Å². The van der Waals surface area contributed by atoms with Gasteiger partial charge >= 0.3 is 0 Å². The van der Waals surface area contributed by atoms with Crippen LogP contribution in [0.25, 0.3) is 0 Å². The number of carbonyl (C=O) groups excluding carboxylic acids is 1. The first kappa shape index (κ1) is 17.7. The number of methoxy groups -OCH3 is 1. The summed E-state index contributed by atoms with van der Waals surface area (Å²) in [4.78, 5) is 12.7. The first-order valence-electron chi connectivity index (χ1n) is 8.40. The molecule has 3 rings (SSSR count). The highest BCUT2D eigenvalue weighted by molar-refractivity contribution is 5.94. The third kappa shape index (κ3) is 4.28. The van der Waals surface area contributed by atoms with E-state index in [0.29, 0.717) is 6.42 Å². The van der Waals surface area contributed by atoms with E-state index in [1.807, 2.05) is 60.7 Å². The Kier molecular flexibility index (Phi) is 5.64. The van der Waals surface area contributed by atoms with Crippen molar-refractivity contribution in [2.24, 2.45) is 0 Å². The van der Waals surface area contributed by atoms with E-state index in [4.69, 9.17) is 4.74 Å². The summed E-state index contributed by atoms with van der Waals surface area (Å²) in [5.74, 6) is -0.763. The summed E-state index contributed by atoms with van der Waals surface area (Å²) in [6.45, 7) is 0. The van der Waals surface area contributed by atoms with Crippen LogP contribution in [0.1, 0.15) is 27.5 Å². The molecule has 3 aromatic carbocycles. The van der Waals surface area contributed by atoms with E-state index in [0.717, 1.165) is 11.1 Å². The van der Waals surface area contributed by atoms with Gasteiger partial charge < -0.3 is 10.1 Å². The molecule has 0 heterocycles. The highest BCUT2D eigenvalue weighted by Crippen LogP contribution is 2.21. The molecule has 132 valence electrons. The molecule has 1 atom stereocenters. The molecule has 26 heavy (non-hydrogen) atoms. The van der Waals surface area contributed by atoms with Gasteiger partial charge in [-0.05, 0) is 35.7 Å². The number of rotatable bonds is 6. The number of nitrogens with one attached hydrogen (secondary N) is 1. The number of hydrogen-bond donors (Lipinski definition) is 1. The van der Waals surface area contributed by atoms with Crippen LogP contribution in [0, 0.1) is 5.82 Å². The molecule has 0 aliphatic heterocycles. The average Bonchev–Trinajstić information content (AvgIpc) is 2.69. The zero-order chi connectivity index (χ0) is 18.4. The monoisotopic (exact) mass is 349 g/mol. The van der Waals surface area contributed by atoms with Crippen LogP contribution in [0.2, 0.25) is 0 Å². The largest absolute Gasteiger partial charge is 0.494 e. The van der Waals surface area contributed by atoms with Crippen molar-refractivity contribution in [1.29, 1.82) is 0 Å². The molecule has 4 heteroatoms.